The topological polar surface area (TPSA) is 105 Å². The van der Waals surface area contributed by atoms with Crippen molar-refractivity contribution in [1.82, 2.24) is 35.3 Å². The van der Waals surface area contributed by atoms with E-state index in [1.807, 2.05) is 6.07 Å². The summed E-state index contributed by atoms with van der Waals surface area (Å²) in [7, 11) is 3.87. The second kappa shape index (κ2) is 6.98. The van der Waals surface area contributed by atoms with Crippen LogP contribution in [0, 0.1) is 0 Å². The van der Waals surface area contributed by atoms with E-state index in [0.717, 1.165) is 24.2 Å². The van der Waals surface area contributed by atoms with E-state index in [-0.39, 0.29) is 16.8 Å². The SMILES string of the molecule is CN(c1cnc(-c2ccc(-c3ncn(C)n3)cc2O)nn1)[C@H]1C[C@]2(C)CC[C@](C)(C1)N2. The minimum Gasteiger partial charge on any atom is -0.507 e. The number of hydrogen-bond acceptors (Lipinski definition) is 8. The van der Waals surface area contributed by atoms with Crippen LogP contribution in [0.1, 0.15) is 39.5 Å². The molecule has 0 aliphatic carbocycles. The standard InChI is InChI=1S/C22H28N8O/c1-21-7-8-22(2,28-21)11-15(10-21)30(4)18-12-23-20(26-25-18)16-6-5-14(9-17(16)31)19-24-13-29(3)27-19/h5-6,9,12-13,15,28,31H,7-8,10-11H2,1-4H3/t15-,21-,22+. The molecule has 0 spiro atoms. The number of rotatable bonds is 4. The molecule has 2 fully saturated rings. The van der Waals surface area contributed by atoms with Gasteiger partial charge in [0.1, 0.15) is 12.1 Å². The Bertz CT molecular complexity index is 1090. The Kier molecular flexibility index (Phi) is 4.47. The third kappa shape index (κ3) is 3.63. The van der Waals surface area contributed by atoms with Crippen molar-refractivity contribution in [3.63, 3.8) is 0 Å². The molecule has 9 nitrogen and oxygen atoms in total. The summed E-state index contributed by atoms with van der Waals surface area (Å²) in [5.41, 5.74) is 1.63. The molecule has 3 aromatic rings. The number of phenols is 1. The average molecular weight is 421 g/mol. The van der Waals surface area contributed by atoms with E-state index >= 15 is 0 Å². The van der Waals surface area contributed by atoms with Crippen molar-refractivity contribution in [2.24, 2.45) is 7.05 Å². The Morgan fingerprint density at radius 1 is 1.10 bits per heavy atom. The highest BCUT2D eigenvalue weighted by Crippen LogP contribution is 2.43. The first kappa shape index (κ1) is 19.9. The van der Waals surface area contributed by atoms with Crippen LogP contribution in [0.25, 0.3) is 22.8 Å². The van der Waals surface area contributed by atoms with Gasteiger partial charge in [-0.05, 0) is 51.7 Å². The van der Waals surface area contributed by atoms with Gasteiger partial charge in [0.15, 0.2) is 17.5 Å². The lowest BCUT2D eigenvalue weighted by molar-refractivity contribution is 0.207. The molecule has 9 heteroatoms. The summed E-state index contributed by atoms with van der Waals surface area (Å²) < 4.78 is 1.62. The number of aromatic hydroxyl groups is 1. The van der Waals surface area contributed by atoms with Crippen LogP contribution >= 0.6 is 0 Å². The van der Waals surface area contributed by atoms with Gasteiger partial charge in [-0.25, -0.2) is 9.97 Å². The van der Waals surface area contributed by atoms with Crippen molar-refractivity contribution in [3.05, 3.63) is 30.7 Å². The van der Waals surface area contributed by atoms with Gasteiger partial charge in [0.25, 0.3) is 0 Å². The fourth-order valence-corrected chi connectivity index (χ4v) is 5.17. The third-order valence-electron chi connectivity index (χ3n) is 6.76. The number of nitrogens with zero attached hydrogens (tertiary/aromatic N) is 7. The summed E-state index contributed by atoms with van der Waals surface area (Å²) in [4.78, 5) is 10.9. The lowest BCUT2D eigenvalue weighted by Crippen LogP contribution is -2.58. The highest BCUT2D eigenvalue weighted by Gasteiger charge is 2.49. The molecule has 2 N–H and O–H groups in total. The average Bonchev–Trinajstić information content (AvgIpc) is 3.27. The maximum atomic E-state index is 10.5. The number of piperidine rings is 1. The van der Waals surface area contributed by atoms with Crippen molar-refractivity contribution >= 4 is 5.82 Å². The van der Waals surface area contributed by atoms with Crippen LogP contribution in [0.15, 0.2) is 30.7 Å². The predicted molar refractivity (Wildman–Crippen MR) is 118 cm³/mol. The molecule has 0 amide bonds. The van der Waals surface area contributed by atoms with Crippen LogP contribution in [0.4, 0.5) is 5.82 Å². The molecule has 3 atom stereocenters. The molecule has 0 saturated carbocycles. The van der Waals surface area contributed by atoms with Gasteiger partial charge in [-0.15, -0.1) is 10.2 Å². The first-order valence-electron chi connectivity index (χ1n) is 10.6. The Morgan fingerprint density at radius 2 is 1.84 bits per heavy atom. The molecule has 2 saturated heterocycles. The number of aromatic nitrogens is 6. The molecular weight excluding hydrogens is 392 g/mol. The van der Waals surface area contributed by atoms with E-state index in [1.165, 1.54) is 12.8 Å². The van der Waals surface area contributed by atoms with Crippen LogP contribution in [0.3, 0.4) is 0 Å². The lowest BCUT2D eigenvalue weighted by Gasteiger charge is -2.45. The minimum absolute atomic E-state index is 0.0728. The van der Waals surface area contributed by atoms with Gasteiger partial charge in [0.2, 0.25) is 0 Å². The fourth-order valence-electron chi connectivity index (χ4n) is 5.17. The maximum Gasteiger partial charge on any atom is 0.185 e. The molecule has 2 bridgehead atoms. The van der Waals surface area contributed by atoms with Gasteiger partial charge in [-0.3, -0.25) is 4.68 Å². The summed E-state index contributed by atoms with van der Waals surface area (Å²) in [6, 6.07) is 5.63. The van der Waals surface area contributed by atoms with Crippen molar-refractivity contribution in [2.75, 3.05) is 11.9 Å². The molecule has 2 aliphatic rings. The highest BCUT2D eigenvalue weighted by molar-refractivity contribution is 5.70. The number of hydrogen-bond donors (Lipinski definition) is 2. The smallest absolute Gasteiger partial charge is 0.185 e. The maximum absolute atomic E-state index is 10.5. The molecule has 162 valence electrons. The van der Waals surface area contributed by atoms with Crippen LogP contribution in [-0.4, -0.2) is 59.2 Å². The first-order chi connectivity index (χ1) is 14.7. The zero-order chi connectivity index (χ0) is 21.8. The Hall–Kier alpha value is -3.07. The number of nitrogens with one attached hydrogen (secondary N) is 1. The number of fused-ring (bicyclic) bond motifs is 2. The fraction of sp³-hybridized carbons (Fsp3) is 0.500. The summed E-state index contributed by atoms with van der Waals surface area (Å²) in [5.74, 6) is 1.76. The van der Waals surface area contributed by atoms with Gasteiger partial charge in [0, 0.05) is 36.8 Å². The van der Waals surface area contributed by atoms with Crippen LogP contribution < -0.4 is 10.2 Å². The highest BCUT2D eigenvalue weighted by atomic mass is 16.3. The van der Waals surface area contributed by atoms with E-state index < -0.39 is 0 Å². The summed E-state index contributed by atoms with van der Waals surface area (Å²) >= 11 is 0. The van der Waals surface area contributed by atoms with Crippen LogP contribution in [-0.2, 0) is 7.05 Å². The van der Waals surface area contributed by atoms with Crippen molar-refractivity contribution in [2.45, 2.75) is 56.7 Å². The number of phenolic OH excluding ortho intramolecular Hbond substituents is 1. The summed E-state index contributed by atoms with van der Waals surface area (Å²) in [5, 5.41) is 27.3. The molecular formula is C22H28N8O. The number of anilines is 1. The largest absolute Gasteiger partial charge is 0.507 e. The minimum atomic E-state index is 0.0728. The monoisotopic (exact) mass is 420 g/mol. The zero-order valence-electron chi connectivity index (χ0n) is 18.4. The molecule has 0 unspecified atom stereocenters. The summed E-state index contributed by atoms with van der Waals surface area (Å²) in [6.07, 6.45) is 7.93. The van der Waals surface area contributed by atoms with Gasteiger partial charge in [-0.2, -0.15) is 5.10 Å². The van der Waals surface area contributed by atoms with Crippen LogP contribution in [0.2, 0.25) is 0 Å². The first-order valence-corrected chi connectivity index (χ1v) is 10.6. The molecule has 5 rings (SSSR count). The number of aryl methyl sites for hydroxylation is 1. The number of benzene rings is 1. The molecule has 4 heterocycles. The van der Waals surface area contributed by atoms with Crippen molar-refractivity contribution in [1.29, 1.82) is 0 Å². The lowest BCUT2D eigenvalue weighted by atomic mass is 9.84. The molecule has 2 aromatic heterocycles. The molecule has 31 heavy (non-hydrogen) atoms. The molecule has 2 aliphatic heterocycles. The van der Waals surface area contributed by atoms with Crippen molar-refractivity contribution in [3.8, 4) is 28.5 Å². The van der Waals surface area contributed by atoms with E-state index in [1.54, 1.807) is 36.4 Å². The molecule has 1 aromatic carbocycles. The molecule has 0 radical (unpaired) electrons. The van der Waals surface area contributed by atoms with Crippen molar-refractivity contribution < 1.29 is 5.11 Å². The van der Waals surface area contributed by atoms with Gasteiger partial charge >= 0.3 is 0 Å². The van der Waals surface area contributed by atoms with E-state index in [2.05, 4.69) is 56.4 Å². The Labute approximate surface area is 181 Å². The van der Waals surface area contributed by atoms with Gasteiger partial charge < -0.3 is 15.3 Å². The van der Waals surface area contributed by atoms with Gasteiger partial charge in [0.05, 0.1) is 11.8 Å². The van der Waals surface area contributed by atoms with E-state index in [0.29, 0.717) is 23.3 Å². The summed E-state index contributed by atoms with van der Waals surface area (Å²) in [6.45, 7) is 4.64. The normalized spacial score (nSPS) is 27.4. The third-order valence-corrected chi connectivity index (χ3v) is 6.76. The van der Waals surface area contributed by atoms with Gasteiger partial charge in [-0.1, -0.05) is 6.07 Å². The van der Waals surface area contributed by atoms with E-state index in [4.69, 9.17) is 0 Å². The van der Waals surface area contributed by atoms with Crippen LogP contribution in [0.5, 0.6) is 5.75 Å². The Balaban J connectivity index is 1.35. The van der Waals surface area contributed by atoms with E-state index in [9.17, 15) is 5.11 Å². The second-order valence-corrected chi connectivity index (χ2v) is 9.53. The Morgan fingerprint density at radius 3 is 2.42 bits per heavy atom. The quantitative estimate of drug-likeness (QED) is 0.663. The predicted octanol–water partition coefficient (Wildman–Crippen LogP) is 2.54. The zero-order valence-corrected chi connectivity index (χ0v) is 18.4. The second-order valence-electron chi connectivity index (χ2n) is 9.53.